The van der Waals surface area contributed by atoms with Gasteiger partial charge in [-0.1, -0.05) is 0 Å². The fourth-order valence-electron chi connectivity index (χ4n) is 5.50. The first kappa shape index (κ1) is 27.6. The van der Waals surface area contributed by atoms with E-state index < -0.39 is 6.43 Å². The molecule has 38 heavy (non-hydrogen) atoms. The molecule has 3 heterocycles. The number of anilines is 1. The van der Waals surface area contributed by atoms with Gasteiger partial charge in [0.25, 0.3) is 6.43 Å². The number of hydrogen-bond acceptors (Lipinski definition) is 6. The highest BCUT2D eigenvalue weighted by molar-refractivity contribution is 6.12. The summed E-state index contributed by atoms with van der Waals surface area (Å²) in [6, 6.07) is 3.36. The fourth-order valence-corrected chi connectivity index (χ4v) is 5.50. The molecule has 0 radical (unpaired) electrons. The smallest absolute Gasteiger partial charge is 0.317 e. The van der Waals surface area contributed by atoms with Gasteiger partial charge in [-0.2, -0.15) is 0 Å². The highest BCUT2D eigenvalue weighted by Gasteiger charge is 2.32. The van der Waals surface area contributed by atoms with E-state index in [-0.39, 0.29) is 24.0 Å². The predicted molar refractivity (Wildman–Crippen MR) is 148 cm³/mol. The van der Waals surface area contributed by atoms with E-state index >= 15 is 0 Å². The summed E-state index contributed by atoms with van der Waals surface area (Å²) in [5, 5.41) is 19.0. The molecule has 3 aliphatic heterocycles. The van der Waals surface area contributed by atoms with Crippen molar-refractivity contribution in [2.24, 2.45) is 10.7 Å². The maximum Gasteiger partial charge on any atom is 0.317 e. The van der Waals surface area contributed by atoms with E-state index in [9.17, 15) is 19.0 Å². The van der Waals surface area contributed by atoms with Crippen LogP contribution >= 0.6 is 0 Å². The fraction of sp³-hybridized carbons (Fsp3) is 0.519. The van der Waals surface area contributed by atoms with Crippen LogP contribution in [0.15, 0.2) is 34.6 Å². The number of hydrogen-bond donors (Lipinski definition) is 5. The van der Waals surface area contributed by atoms with Crippen LogP contribution in [-0.4, -0.2) is 75.8 Å². The minimum Gasteiger partial charge on any atom is -0.404 e. The summed E-state index contributed by atoms with van der Waals surface area (Å²) in [5.74, 6) is 0.244. The van der Waals surface area contributed by atoms with Gasteiger partial charge in [0.15, 0.2) is 0 Å². The SMILES string of the molecule is CN=C/C(=C\N)c1cc2c(cc1C(F)F)N(C(=N)C1=C(NC3CCNCC3)CCN(C(=O)NC)C1)CCC2. The van der Waals surface area contributed by atoms with Crippen molar-refractivity contribution in [2.45, 2.75) is 44.6 Å². The van der Waals surface area contributed by atoms with Crippen LogP contribution in [0.5, 0.6) is 0 Å². The summed E-state index contributed by atoms with van der Waals surface area (Å²) in [7, 11) is 3.17. The van der Waals surface area contributed by atoms with Crippen LogP contribution in [0, 0.1) is 5.41 Å². The summed E-state index contributed by atoms with van der Waals surface area (Å²) in [5.41, 5.74) is 9.59. The van der Waals surface area contributed by atoms with Crippen LogP contribution in [-0.2, 0) is 6.42 Å². The van der Waals surface area contributed by atoms with E-state index in [1.165, 1.54) is 18.5 Å². The van der Waals surface area contributed by atoms with Crippen molar-refractivity contribution in [2.75, 3.05) is 51.7 Å². The van der Waals surface area contributed by atoms with Gasteiger partial charge >= 0.3 is 6.03 Å². The third kappa shape index (κ3) is 5.82. The van der Waals surface area contributed by atoms with E-state index in [1.807, 2.05) is 4.90 Å². The Hall–Kier alpha value is -3.47. The molecule has 1 aromatic carbocycles. The number of halogens is 2. The Labute approximate surface area is 222 Å². The molecule has 0 bridgehead atoms. The topological polar surface area (TPSA) is 122 Å². The molecule has 0 aliphatic carbocycles. The highest BCUT2D eigenvalue weighted by Crippen LogP contribution is 2.38. The number of nitrogens with two attached hydrogens (primary N) is 1. The van der Waals surface area contributed by atoms with Crippen molar-refractivity contribution < 1.29 is 13.6 Å². The average Bonchev–Trinajstić information content (AvgIpc) is 2.94. The number of urea groups is 1. The third-order valence-electron chi connectivity index (χ3n) is 7.48. The number of aliphatic imine (C=N–C) groups is 1. The molecule has 1 saturated heterocycles. The van der Waals surface area contributed by atoms with Gasteiger partial charge in [0.1, 0.15) is 5.84 Å². The molecule has 0 unspecified atom stereocenters. The van der Waals surface area contributed by atoms with Gasteiger partial charge in [-0.3, -0.25) is 10.4 Å². The van der Waals surface area contributed by atoms with Crippen molar-refractivity contribution in [3.8, 4) is 0 Å². The minimum atomic E-state index is -2.72. The van der Waals surface area contributed by atoms with Gasteiger partial charge in [0.05, 0.1) is 6.54 Å². The number of benzene rings is 1. The second-order valence-electron chi connectivity index (χ2n) is 9.83. The lowest BCUT2D eigenvalue weighted by Crippen LogP contribution is -2.49. The second kappa shape index (κ2) is 12.4. The molecule has 206 valence electrons. The Morgan fingerprint density at radius 1 is 1.26 bits per heavy atom. The lowest BCUT2D eigenvalue weighted by molar-refractivity contribution is 0.151. The lowest BCUT2D eigenvalue weighted by Gasteiger charge is -2.38. The summed E-state index contributed by atoms with van der Waals surface area (Å²) in [4.78, 5) is 20.0. The highest BCUT2D eigenvalue weighted by atomic mass is 19.3. The van der Waals surface area contributed by atoms with Gasteiger partial charge < -0.3 is 31.5 Å². The lowest BCUT2D eigenvalue weighted by atomic mass is 9.91. The zero-order valence-corrected chi connectivity index (χ0v) is 22.1. The van der Waals surface area contributed by atoms with E-state index in [2.05, 4.69) is 20.9 Å². The molecule has 1 fully saturated rings. The zero-order chi connectivity index (χ0) is 27.2. The summed E-state index contributed by atoms with van der Waals surface area (Å²) < 4.78 is 28.5. The molecule has 0 saturated carbocycles. The molecule has 2 amide bonds. The molecule has 9 nitrogen and oxygen atoms in total. The second-order valence-corrected chi connectivity index (χ2v) is 9.83. The van der Waals surface area contributed by atoms with Gasteiger partial charge in [0, 0.05) is 80.2 Å². The number of amidine groups is 1. The van der Waals surface area contributed by atoms with Crippen LogP contribution in [0.4, 0.5) is 19.3 Å². The number of fused-ring (bicyclic) bond motifs is 1. The number of carbonyl (C=O) groups excluding carboxylic acids is 1. The summed E-state index contributed by atoms with van der Waals surface area (Å²) >= 11 is 0. The van der Waals surface area contributed by atoms with Crippen molar-refractivity contribution >= 4 is 29.3 Å². The van der Waals surface area contributed by atoms with Gasteiger partial charge in [-0.25, -0.2) is 13.6 Å². The standard InChI is InChI=1S/C27H38F2N8O/c1-32-15-18(14-30)20-12-17-4-3-10-37(24(17)13-21(20)25(28)29)26(31)22-16-36(27(38)33-2)11-7-23(22)35-19-5-8-34-9-6-19/h12-15,19,25,31,34-35H,3-11,16,30H2,1-2H3,(H,33,38)/b18-14+,31-26?,32-15?. The van der Waals surface area contributed by atoms with Crippen LogP contribution in [0.25, 0.3) is 5.57 Å². The number of amides is 2. The maximum absolute atomic E-state index is 14.3. The molecule has 4 rings (SSSR count). The Morgan fingerprint density at radius 3 is 2.68 bits per heavy atom. The van der Waals surface area contributed by atoms with Gasteiger partial charge in [-0.05, 0) is 62.0 Å². The number of nitrogens with zero attached hydrogens (tertiary/aromatic N) is 3. The first-order valence-electron chi connectivity index (χ1n) is 13.2. The monoisotopic (exact) mass is 528 g/mol. The average molecular weight is 529 g/mol. The number of rotatable bonds is 6. The quantitative estimate of drug-likeness (QED) is 0.287. The van der Waals surface area contributed by atoms with Crippen LogP contribution < -0.4 is 26.6 Å². The van der Waals surface area contributed by atoms with Gasteiger partial charge in [0.2, 0.25) is 0 Å². The Balaban J connectivity index is 1.73. The Kier molecular flexibility index (Phi) is 8.98. The normalized spacial score (nSPS) is 19.2. The number of piperidine rings is 1. The molecule has 0 atom stereocenters. The zero-order valence-electron chi connectivity index (χ0n) is 22.1. The Bertz CT molecular complexity index is 1140. The molecule has 6 N–H and O–H groups in total. The van der Waals surface area contributed by atoms with Crippen molar-refractivity contribution in [3.05, 3.63) is 46.3 Å². The molecule has 3 aliphatic rings. The minimum absolute atomic E-state index is 0.141. The molecule has 11 heteroatoms. The van der Waals surface area contributed by atoms with Gasteiger partial charge in [-0.15, -0.1) is 0 Å². The number of carbonyl (C=O) groups is 1. The number of alkyl halides is 2. The largest absolute Gasteiger partial charge is 0.404 e. The van der Waals surface area contributed by atoms with Crippen molar-refractivity contribution in [3.63, 3.8) is 0 Å². The number of nitrogens with one attached hydrogen (secondary N) is 4. The maximum atomic E-state index is 14.3. The number of allylic oxidation sites excluding steroid dienone is 1. The molecule has 0 spiro atoms. The molecular weight excluding hydrogens is 490 g/mol. The molecule has 1 aromatic rings. The van der Waals surface area contributed by atoms with Crippen molar-refractivity contribution in [1.82, 2.24) is 20.9 Å². The van der Waals surface area contributed by atoms with Crippen molar-refractivity contribution in [1.29, 1.82) is 5.41 Å². The summed E-state index contributed by atoms with van der Waals surface area (Å²) in [6.45, 7) is 3.23. The third-order valence-corrected chi connectivity index (χ3v) is 7.48. The first-order chi connectivity index (χ1) is 18.4. The van der Waals surface area contributed by atoms with Crippen LogP contribution in [0.3, 0.4) is 0 Å². The van der Waals surface area contributed by atoms with E-state index in [0.29, 0.717) is 48.8 Å². The summed E-state index contributed by atoms with van der Waals surface area (Å²) in [6.07, 6.45) is 4.11. The van der Waals surface area contributed by atoms with Crippen LogP contribution in [0.1, 0.15) is 48.8 Å². The predicted octanol–water partition coefficient (Wildman–Crippen LogP) is 3.00. The van der Waals surface area contributed by atoms with E-state index in [0.717, 1.165) is 49.2 Å². The van der Waals surface area contributed by atoms with E-state index in [1.54, 1.807) is 25.1 Å². The van der Waals surface area contributed by atoms with E-state index in [4.69, 9.17) is 5.73 Å². The Morgan fingerprint density at radius 2 is 2.03 bits per heavy atom. The molecule has 0 aromatic heterocycles. The molecular formula is C27H38F2N8O. The van der Waals surface area contributed by atoms with Crippen LogP contribution in [0.2, 0.25) is 0 Å². The first-order valence-corrected chi connectivity index (χ1v) is 13.2. The number of aryl methyl sites for hydroxylation is 1.